The fourth-order valence-corrected chi connectivity index (χ4v) is 3.75. The number of benzene rings is 1. The Kier molecular flexibility index (Phi) is 7.01. The first-order valence-electron chi connectivity index (χ1n) is 8.18. The summed E-state index contributed by atoms with van der Waals surface area (Å²) in [4.78, 5) is 36.0. The van der Waals surface area contributed by atoms with Crippen molar-refractivity contribution in [3.05, 3.63) is 42.3 Å². The van der Waals surface area contributed by atoms with Crippen LogP contribution in [0.3, 0.4) is 0 Å². The van der Waals surface area contributed by atoms with Gasteiger partial charge in [0.25, 0.3) is 0 Å². The number of primary amides is 1. The van der Waals surface area contributed by atoms with Crippen LogP contribution >= 0.6 is 11.8 Å². The molecule has 0 aliphatic carbocycles. The Morgan fingerprint density at radius 2 is 2.12 bits per heavy atom. The molecule has 0 spiro atoms. The van der Waals surface area contributed by atoms with Crippen molar-refractivity contribution >= 4 is 29.4 Å². The second-order valence-electron chi connectivity index (χ2n) is 5.94. The molecule has 1 aliphatic heterocycles. The van der Waals surface area contributed by atoms with Crippen LogP contribution in [0.5, 0.6) is 0 Å². The van der Waals surface area contributed by atoms with Gasteiger partial charge in [-0.3, -0.25) is 14.4 Å². The van der Waals surface area contributed by atoms with Crippen molar-refractivity contribution in [2.45, 2.75) is 37.2 Å². The molecule has 6 nitrogen and oxygen atoms in total. The Balaban J connectivity index is 1.89. The number of carbonyl (C=O) groups is 3. The maximum atomic E-state index is 12.3. The van der Waals surface area contributed by atoms with E-state index in [1.807, 2.05) is 37.3 Å². The van der Waals surface area contributed by atoms with Gasteiger partial charge in [-0.15, -0.1) is 0 Å². The van der Waals surface area contributed by atoms with Crippen LogP contribution in [-0.4, -0.2) is 41.6 Å². The highest BCUT2D eigenvalue weighted by atomic mass is 32.2. The fourth-order valence-electron chi connectivity index (χ4n) is 2.93. The standard InChI is InChI=1S/C18H23N2O4S/c1-2-15-18(10-16(19)22,14(21)11-24-15)20-17(23)8-9-25-12-13-6-4-3-5-7-13/h3-8,15H,2,9-12H2,1H3,(H2,19,22)(H,20,23). The van der Waals surface area contributed by atoms with E-state index in [-0.39, 0.29) is 24.7 Å². The zero-order valence-corrected chi connectivity index (χ0v) is 15.0. The number of hydrogen-bond acceptors (Lipinski definition) is 5. The van der Waals surface area contributed by atoms with Crippen LogP contribution in [0.1, 0.15) is 25.3 Å². The molecule has 1 heterocycles. The van der Waals surface area contributed by atoms with E-state index < -0.39 is 17.6 Å². The Labute approximate surface area is 151 Å². The molecule has 7 heteroatoms. The normalized spacial score (nSPS) is 22.8. The molecule has 25 heavy (non-hydrogen) atoms. The zero-order valence-electron chi connectivity index (χ0n) is 14.2. The maximum Gasteiger partial charge on any atom is 0.225 e. The average molecular weight is 363 g/mol. The number of thioether (sulfide) groups is 1. The highest BCUT2D eigenvalue weighted by Crippen LogP contribution is 2.29. The van der Waals surface area contributed by atoms with Crippen LogP contribution in [-0.2, 0) is 24.9 Å². The molecule has 3 N–H and O–H groups in total. The first kappa shape index (κ1) is 19.5. The minimum atomic E-state index is -1.35. The van der Waals surface area contributed by atoms with E-state index in [0.717, 1.165) is 5.75 Å². The van der Waals surface area contributed by atoms with Gasteiger partial charge in [0, 0.05) is 11.5 Å². The molecule has 1 radical (unpaired) electrons. The summed E-state index contributed by atoms with van der Waals surface area (Å²) in [6.45, 7) is 1.72. The largest absolute Gasteiger partial charge is 0.370 e. The number of ether oxygens (including phenoxy) is 1. The van der Waals surface area contributed by atoms with Gasteiger partial charge < -0.3 is 15.8 Å². The van der Waals surface area contributed by atoms with Crippen molar-refractivity contribution in [2.75, 3.05) is 12.4 Å². The SMILES string of the molecule is CCC1OCC(=O)C1(CC(N)=O)NC(=O)[CH]CSCc1ccccc1. The first-order chi connectivity index (χ1) is 12.0. The van der Waals surface area contributed by atoms with Gasteiger partial charge in [-0.05, 0) is 12.0 Å². The number of Topliss-reactive ketones (excluding diaryl/α,β-unsaturated/α-hetero) is 1. The number of nitrogens with one attached hydrogen (secondary N) is 1. The molecule has 2 rings (SSSR count). The van der Waals surface area contributed by atoms with Crippen molar-refractivity contribution in [1.29, 1.82) is 0 Å². The van der Waals surface area contributed by atoms with Gasteiger partial charge in [0.1, 0.15) is 12.1 Å². The van der Waals surface area contributed by atoms with Crippen molar-refractivity contribution in [2.24, 2.45) is 5.73 Å². The number of ketones is 1. The summed E-state index contributed by atoms with van der Waals surface area (Å²) in [5.74, 6) is -0.0531. The van der Waals surface area contributed by atoms with Gasteiger partial charge in [-0.25, -0.2) is 0 Å². The second-order valence-corrected chi connectivity index (χ2v) is 6.97. The topological polar surface area (TPSA) is 98.5 Å². The molecule has 1 aromatic carbocycles. The van der Waals surface area contributed by atoms with Crippen LogP contribution in [0.4, 0.5) is 0 Å². The molecular formula is C18H23N2O4S. The highest BCUT2D eigenvalue weighted by Gasteiger charge is 2.52. The van der Waals surface area contributed by atoms with Crippen LogP contribution < -0.4 is 11.1 Å². The third-order valence-corrected chi connectivity index (χ3v) is 5.07. The van der Waals surface area contributed by atoms with Gasteiger partial charge in [0.15, 0.2) is 5.78 Å². The molecule has 1 aromatic rings. The monoisotopic (exact) mass is 363 g/mol. The lowest BCUT2D eigenvalue weighted by Crippen LogP contribution is -2.60. The zero-order chi connectivity index (χ0) is 18.3. The lowest BCUT2D eigenvalue weighted by molar-refractivity contribution is -0.132. The first-order valence-corrected chi connectivity index (χ1v) is 9.33. The predicted octanol–water partition coefficient (Wildman–Crippen LogP) is 1.23. The summed E-state index contributed by atoms with van der Waals surface area (Å²) >= 11 is 1.59. The molecule has 135 valence electrons. The van der Waals surface area contributed by atoms with E-state index >= 15 is 0 Å². The second kappa shape index (κ2) is 9.01. The smallest absolute Gasteiger partial charge is 0.225 e. The van der Waals surface area contributed by atoms with Crippen molar-refractivity contribution in [3.8, 4) is 0 Å². The number of rotatable bonds is 9. The number of carbonyl (C=O) groups excluding carboxylic acids is 3. The van der Waals surface area contributed by atoms with Gasteiger partial charge in [0.2, 0.25) is 11.8 Å². The molecule has 2 amide bonds. The third-order valence-electron chi connectivity index (χ3n) is 4.13. The minimum Gasteiger partial charge on any atom is -0.370 e. The van der Waals surface area contributed by atoms with Gasteiger partial charge >= 0.3 is 0 Å². The van der Waals surface area contributed by atoms with E-state index in [9.17, 15) is 14.4 Å². The Morgan fingerprint density at radius 3 is 2.76 bits per heavy atom. The van der Waals surface area contributed by atoms with Gasteiger partial charge in [0.05, 0.1) is 18.9 Å². The number of hydrogen-bond donors (Lipinski definition) is 2. The summed E-state index contributed by atoms with van der Waals surface area (Å²) in [6.07, 6.45) is 1.19. The molecule has 1 fully saturated rings. The quantitative estimate of drug-likeness (QED) is 0.643. The number of amides is 2. The Morgan fingerprint density at radius 1 is 1.40 bits per heavy atom. The molecule has 1 aliphatic rings. The summed E-state index contributed by atoms with van der Waals surface area (Å²) < 4.78 is 5.42. The predicted molar refractivity (Wildman–Crippen MR) is 96.6 cm³/mol. The molecule has 2 unspecified atom stereocenters. The summed E-state index contributed by atoms with van der Waals surface area (Å²) in [5.41, 5.74) is 5.11. The summed E-state index contributed by atoms with van der Waals surface area (Å²) in [7, 11) is 0. The van der Waals surface area contributed by atoms with Crippen molar-refractivity contribution in [3.63, 3.8) is 0 Å². The van der Waals surface area contributed by atoms with E-state index in [4.69, 9.17) is 10.5 Å². The van der Waals surface area contributed by atoms with E-state index in [0.29, 0.717) is 12.2 Å². The minimum absolute atomic E-state index is 0.116. The average Bonchev–Trinajstić information content (AvgIpc) is 2.87. The van der Waals surface area contributed by atoms with Gasteiger partial charge in [-0.2, -0.15) is 11.8 Å². The molecular weight excluding hydrogens is 340 g/mol. The van der Waals surface area contributed by atoms with Crippen molar-refractivity contribution < 1.29 is 19.1 Å². The number of nitrogens with two attached hydrogens (primary N) is 1. The highest BCUT2D eigenvalue weighted by molar-refractivity contribution is 7.98. The Hall–Kier alpha value is -1.86. The molecule has 1 saturated heterocycles. The van der Waals surface area contributed by atoms with Crippen LogP contribution in [0.2, 0.25) is 0 Å². The third kappa shape index (κ3) is 5.06. The lowest BCUT2D eigenvalue weighted by atomic mass is 9.84. The van der Waals surface area contributed by atoms with Crippen LogP contribution in [0.25, 0.3) is 0 Å². The van der Waals surface area contributed by atoms with Crippen molar-refractivity contribution in [1.82, 2.24) is 5.32 Å². The molecule has 2 atom stereocenters. The van der Waals surface area contributed by atoms with E-state index in [2.05, 4.69) is 5.32 Å². The molecule has 0 aromatic heterocycles. The summed E-state index contributed by atoms with van der Waals surface area (Å²) in [5, 5.41) is 2.69. The molecule has 0 bridgehead atoms. The van der Waals surface area contributed by atoms with Crippen LogP contribution in [0.15, 0.2) is 30.3 Å². The Bertz CT molecular complexity index is 623. The summed E-state index contributed by atoms with van der Waals surface area (Å²) in [6, 6.07) is 9.94. The maximum absolute atomic E-state index is 12.3. The van der Waals surface area contributed by atoms with E-state index in [1.165, 1.54) is 12.0 Å². The van der Waals surface area contributed by atoms with E-state index in [1.54, 1.807) is 11.8 Å². The lowest BCUT2D eigenvalue weighted by Gasteiger charge is -2.32. The fraction of sp³-hybridized carbons (Fsp3) is 0.444. The van der Waals surface area contributed by atoms with Crippen LogP contribution in [0, 0.1) is 6.42 Å². The van der Waals surface area contributed by atoms with Gasteiger partial charge in [-0.1, -0.05) is 37.3 Å². The molecule has 0 saturated carbocycles.